The molecule has 0 fully saturated rings. The average Bonchev–Trinajstić information content (AvgIpc) is 2.79. The zero-order valence-corrected chi connectivity index (χ0v) is 8.29. The number of hydrogen-bond acceptors (Lipinski definition) is 3. The molecule has 3 aromatic heterocycles. The third kappa shape index (κ3) is 1.30. The predicted octanol–water partition coefficient (Wildman–Crippen LogP) is 1.08. The zero-order valence-electron chi connectivity index (χ0n) is 8.29. The maximum atomic E-state index is 11.7. The number of nitrogens with one attached hydrogen (secondary N) is 1. The first-order chi connectivity index (χ1) is 7.84. The molecule has 16 heavy (non-hydrogen) atoms. The van der Waals surface area contributed by atoms with Crippen molar-refractivity contribution in [3.05, 3.63) is 53.5 Å². The van der Waals surface area contributed by atoms with E-state index in [0.717, 1.165) is 5.69 Å². The van der Waals surface area contributed by atoms with Gasteiger partial charge in [-0.15, -0.1) is 0 Å². The molecule has 3 heterocycles. The van der Waals surface area contributed by atoms with Crippen LogP contribution < -0.4 is 5.56 Å². The fourth-order valence-electron chi connectivity index (χ4n) is 1.59. The highest BCUT2D eigenvalue weighted by Crippen LogP contribution is 2.11. The molecule has 0 amide bonds. The molecule has 1 N–H and O–H groups in total. The predicted molar refractivity (Wildman–Crippen MR) is 59.0 cm³/mol. The topological polar surface area (TPSA) is 63.0 Å². The van der Waals surface area contributed by atoms with Crippen molar-refractivity contribution in [2.75, 3.05) is 0 Å². The number of aromatic amines is 1. The number of rotatable bonds is 1. The van der Waals surface area contributed by atoms with Gasteiger partial charge in [0.1, 0.15) is 5.52 Å². The van der Waals surface area contributed by atoms with E-state index in [4.69, 9.17) is 0 Å². The molecule has 0 radical (unpaired) electrons. The van der Waals surface area contributed by atoms with Crippen LogP contribution in [0.3, 0.4) is 0 Å². The van der Waals surface area contributed by atoms with Gasteiger partial charge < -0.3 is 4.98 Å². The van der Waals surface area contributed by atoms with Crippen molar-refractivity contribution in [2.45, 2.75) is 0 Å². The van der Waals surface area contributed by atoms with Crippen LogP contribution >= 0.6 is 0 Å². The largest absolute Gasteiger partial charge is 0.318 e. The standard InChI is InChI=1S/C11H8N4O/c16-11-10-5-12-7-15(10)6-9(14-11)8-3-1-2-4-13-8/h1-7H,(H,14,16). The Morgan fingerprint density at radius 1 is 1.31 bits per heavy atom. The molecule has 5 nitrogen and oxygen atoms in total. The monoisotopic (exact) mass is 212 g/mol. The highest BCUT2D eigenvalue weighted by atomic mass is 16.1. The number of pyridine rings is 1. The van der Waals surface area contributed by atoms with Crippen molar-refractivity contribution in [3.8, 4) is 11.4 Å². The lowest BCUT2D eigenvalue weighted by atomic mass is 10.3. The van der Waals surface area contributed by atoms with Gasteiger partial charge in [-0.1, -0.05) is 6.07 Å². The lowest BCUT2D eigenvalue weighted by Crippen LogP contribution is -2.10. The van der Waals surface area contributed by atoms with E-state index in [1.54, 1.807) is 23.1 Å². The molecule has 0 aliphatic heterocycles. The molecule has 0 saturated carbocycles. The number of aromatic nitrogens is 4. The van der Waals surface area contributed by atoms with Gasteiger partial charge in [0, 0.05) is 12.4 Å². The molecule has 5 heteroatoms. The van der Waals surface area contributed by atoms with Crippen molar-refractivity contribution in [3.63, 3.8) is 0 Å². The Labute approximate surface area is 90.4 Å². The highest BCUT2D eigenvalue weighted by Gasteiger charge is 2.04. The van der Waals surface area contributed by atoms with E-state index >= 15 is 0 Å². The summed E-state index contributed by atoms with van der Waals surface area (Å²) in [4.78, 5) is 22.6. The third-order valence-corrected chi connectivity index (χ3v) is 2.36. The molecule has 0 spiro atoms. The molecular weight excluding hydrogens is 204 g/mol. The summed E-state index contributed by atoms with van der Waals surface area (Å²) in [7, 11) is 0. The van der Waals surface area contributed by atoms with Crippen LogP contribution in [0.25, 0.3) is 16.9 Å². The molecule has 0 unspecified atom stereocenters. The van der Waals surface area contributed by atoms with Gasteiger partial charge in [-0.05, 0) is 12.1 Å². The van der Waals surface area contributed by atoms with E-state index < -0.39 is 0 Å². The minimum Gasteiger partial charge on any atom is -0.318 e. The van der Waals surface area contributed by atoms with Crippen molar-refractivity contribution in [2.24, 2.45) is 0 Å². The Balaban J connectivity index is 2.30. The summed E-state index contributed by atoms with van der Waals surface area (Å²) >= 11 is 0. The normalized spacial score (nSPS) is 10.8. The van der Waals surface area contributed by atoms with E-state index in [9.17, 15) is 4.79 Å². The highest BCUT2D eigenvalue weighted by molar-refractivity contribution is 5.55. The van der Waals surface area contributed by atoms with Gasteiger partial charge in [-0.2, -0.15) is 0 Å². The molecular formula is C11H8N4O. The van der Waals surface area contributed by atoms with Gasteiger partial charge in [0.2, 0.25) is 0 Å². The molecule has 3 rings (SSSR count). The van der Waals surface area contributed by atoms with E-state index in [1.807, 2.05) is 18.2 Å². The molecule has 78 valence electrons. The van der Waals surface area contributed by atoms with E-state index in [2.05, 4.69) is 15.0 Å². The fraction of sp³-hybridized carbons (Fsp3) is 0. The quantitative estimate of drug-likeness (QED) is 0.656. The van der Waals surface area contributed by atoms with E-state index in [-0.39, 0.29) is 5.56 Å². The van der Waals surface area contributed by atoms with Gasteiger partial charge in [0.15, 0.2) is 0 Å². The van der Waals surface area contributed by atoms with Gasteiger partial charge in [-0.3, -0.25) is 14.2 Å². The summed E-state index contributed by atoms with van der Waals surface area (Å²) in [5.41, 5.74) is 1.77. The Kier molecular flexibility index (Phi) is 1.83. The van der Waals surface area contributed by atoms with Gasteiger partial charge >= 0.3 is 0 Å². The van der Waals surface area contributed by atoms with Crippen LogP contribution in [0.4, 0.5) is 0 Å². The third-order valence-electron chi connectivity index (χ3n) is 2.36. The number of nitrogens with zero attached hydrogens (tertiary/aromatic N) is 3. The minimum absolute atomic E-state index is 0.166. The van der Waals surface area contributed by atoms with Crippen molar-refractivity contribution in [1.82, 2.24) is 19.4 Å². The zero-order chi connectivity index (χ0) is 11.0. The van der Waals surface area contributed by atoms with Crippen LogP contribution in [-0.2, 0) is 0 Å². The Morgan fingerprint density at radius 3 is 3.06 bits per heavy atom. The van der Waals surface area contributed by atoms with Gasteiger partial charge in [0.25, 0.3) is 5.56 Å². The Morgan fingerprint density at radius 2 is 2.25 bits per heavy atom. The SMILES string of the molecule is O=c1[nH]c(-c2ccccn2)cn2cncc12. The maximum absolute atomic E-state index is 11.7. The number of H-pyrrole nitrogens is 1. The first-order valence-electron chi connectivity index (χ1n) is 4.81. The summed E-state index contributed by atoms with van der Waals surface area (Å²) in [6.07, 6.45) is 6.61. The fourth-order valence-corrected chi connectivity index (χ4v) is 1.59. The first kappa shape index (κ1) is 8.84. The van der Waals surface area contributed by atoms with Crippen LogP contribution in [-0.4, -0.2) is 19.4 Å². The van der Waals surface area contributed by atoms with Crippen LogP contribution in [0.1, 0.15) is 0 Å². The van der Waals surface area contributed by atoms with Crippen molar-refractivity contribution in [1.29, 1.82) is 0 Å². The molecule has 0 bridgehead atoms. The number of imidazole rings is 1. The van der Waals surface area contributed by atoms with Crippen LogP contribution in [0.2, 0.25) is 0 Å². The van der Waals surface area contributed by atoms with Crippen molar-refractivity contribution >= 4 is 5.52 Å². The van der Waals surface area contributed by atoms with Gasteiger partial charge in [0.05, 0.1) is 23.9 Å². The summed E-state index contributed by atoms with van der Waals surface area (Å²) in [5, 5.41) is 0. The van der Waals surface area contributed by atoms with E-state index in [1.165, 1.54) is 6.20 Å². The summed E-state index contributed by atoms with van der Waals surface area (Å²) in [6, 6.07) is 5.55. The summed E-state index contributed by atoms with van der Waals surface area (Å²) < 4.78 is 1.68. The Hall–Kier alpha value is -2.43. The Bertz CT molecular complexity index is 684. The lowest BCUT2D eigenvalue weighted by Gasteiger charge is -2.01. The molecule has 0 atom stereocenters. The number of hydrogen-bond donors (Lipinski definition) is 1. The second-order valence-electron chi connectivity index (χ2n) is 3.40. The average molecular weight is 212 g/mol. The second kappa shape index (κ2) is 3.30. The molecule has 0 aromatic carbocycles. The lowest BCUT2D eigenvalue weighted by molar-refractivity contribution is 1.08. The minimum atomic E-state index is -0.166. The van der Waals surface area contributed by atoms with Crippen LogP contribution in [0.5, 0.6) is 0 Å². The van der Waals surface area contributed by atoms with Gasteiger partial charge in [-0.25, -0.2) is 4.98 Å². The van der Waals surface area contributed by atoms with Crippen LogP contribution in [0, 0.1) is 0 Å². The summed E-state index contributed by atoms with van der Waals surface area (Å²) in [6.45, 7) is 0. The maximum Gasteiger partial charge on any atom is 0.274 e. The molecule has 0 aliphatic rings. The smallest absolute Gasteiger partial charge is 0.274 e. The summed E-state index contributed by atoms with van der Waals surface area (Å²) in [5.74, 6) is 0. The number of fused-ring (bicyclic) bond motifs is 1. The van der Waals surface area contributed by atoms with Crippen LogP contribution in [0.15, 0.2) is 47.9 Å². The first-order valence-corrected chi connectivity index (χ1v) is 4.81. The molecule has 3 aromatic rings. The van der Waals surface area contributed by atoms with Crippen molar-refractivity contribution < 1.29 is 0 Å². The van der Waals surface area contributed by atoms with E-state index in [0.29, 0.717) is 11.2 Å². The second-order valence-corrected chi connectivity index (χ2v) is 3.40. The molecule has 0 aliphatic carbocycles. The molecule has 0 saturated heterocycles.